The molecule has 1 atom stereocenters. The predicted molar refractivity (Wildman–Crippen MR) is 74.1 cm³/mol. The van der Waals surface area contributed by atoms with Gasteiger partial charge in [-0.2, -0.15) is 0 Å². The number of benzene rings is 1. The Morgan fingerprint density at radius 3 is 2.65 bits per heavy atom. The monoisotopic (exact) mass is 313 g/mol. The van der Waals surface area contributed by atoms with Crippen LogP contribution in [-0.2, 0) is 0 Å². The van der Waals surface area contributed by atoms with E-state index in [2.05, 4.69) is 32.7 Å². The largest absolute Gasteiger partial charge is 0.309 e. The van der Waals surface area contributed by atoms with E-state index in [9.17, 15) is 4.39 Å². The molecule has 0 amide bonds. The lowest BCUT2D eigenvalue weighted by Gasteiger charge is -2.17. The summed E-state index contributed by atoms with van der Waals surface area (Å²) in [4.78, 5) is 0. The third-order valence-electron chi connectivity index (χ3n) is 2.75. The first-order chi connectivity index (χ1) is 8.11. The van der Waals surface area contributed by atoms with Gasteiger partial charge in [-0.15, -0.1) is 11.3 Å². The Bertz CT molecular complexity index is 524. The van der Waals surface area contributed by atoms with Crippen molar-refractivity contribution in [2.45, 2.75) is 13.0 Å². The Kier molecular flexibility index (Phi) is 3.97. The molecule has 1 aromatic carbocycles. The van der Waals surface area contributed by atoms with Gasteiger partial charge < -0.3 is 5.32 Å². The average molecular weight is 314 g/mol. The van der Waals surface area contributed by atoms with Crippen molar-refractivity contribution >= 4 is 27.3 Å². The first-order valence-corrected chi connectivity index (χ1v) is 6.96. The van der Waals surface area contributed by atoms with Gasteiger partial charge in [0.25, 0.3) is 0 Å². The van der Waals surface area contributed by atoms with Crippen molar-refractivity contribution in [3.05, 3.63) is 55.9 Å². The van der Waals surface area contributed by atoms with E-state index >= 15 is 0 Å². The van der Waals surface area contributed by atoms with Crippen molar-refractivity contribution < 1.29 is 4.39 Å². The molecule has 2 rings (SSSR count). The molecule has 1 heterocycles. The average Bonchev–Trinajstić information content (AvgIpc) is 2.69. The molecule has 0 aliphatic carbocycles. The van der Waals surface area contributed by atoms with Crippen molar-refractivity contribution in [3.63, 3.8) is 0 Å². The molecule has 0 saturated carbocycles. The van der Waals surface area contributed by atoms with E-state index in [0.29, 0.717) is 0 Å². The van der Waals surface area contributed by atoms with Gasteiger partial charge in [0.2, 0.25) is 0 Å². The minimum atomic E-state index is -0.187. The smallest absolute Gasteiger partial charge is 0.123 e. The molecule has 0 radical (unpaired) electrons. The van der Waals surface area contributed by atoms with Crippen LogP contribution in [-0.4, -0.2) is 7.05 Å². The standard InChI is InChI=1S/C13H13BrFNS/c1-8-5-10(15)3-4-11(8)13(16-2)9-6-12(14)17-7-9/h3-7,13,16H,1-2H3. The fraction of sp³-hybridized carbons (Fsp3) is 0.231. The fourth-order valence-corrected chi connectivity index (χ4v) is 3.14. The Morgan fingerprint density at radius 1 is 1.35 bits per heavy atom. The highest BCUT2D eigenvalue weighted by atomic mass is 79.9. The van der Waals surface area contributed by atoms with Crippen LogP contribution in [0.15, 0.2) is 33.4 Å². The number of hydrogen-bond acceptors (Lipinski definition) is 2. The Labute approximate surface area is 113 Å². The van der Waals surface area contributed by atoms with Crippen molar-refractivity contribution in [1.29, 1.82) is 0 Å². The highest BCUT2D eigenvalue weighted by Crippen LogP contribution is 2.30. The minimum absolute atomic E-state index is 0.109. The molecular formula is C13H13BrFNS. The van der Waals surface area contributed by atoms with Crippen molar-refractivity contribution in [2.24, 2.45) is 0 Å². The Balaban J connectivity index is 2.42. The number of hydrogen-bond donors (Lipinski definition) is 1. The van der Waals surface area contributed by atoms with Crippen LogP contribution >= 0.6 is 27.3 Å². The van der Waals surface area contributed by atoms with Gasteiger partial charge >= 0.3 is 0 Å². The predicted octanol–water partition coefficient (Wildman–Crippen LogP) is 4.27. The molecule has 0 aliphatic heterocycles. The van der Waals surface area contributed by atoms with Gasteiger partial charge in [0.05, 0.1) is 9.83 Å². The maximum Gasteiger partial charge on any atom is 0.123 e. The zero-order valence-electron chi connectivity index (χ0n) is 9.63. The van der Waals surface area contributed by atoms with Crippen molar-refractivity contribution in [3.8, 4) is 0 Å². The quantitative estimate of drug-likeness (QED) is 0.892. The SMILES string of the molecule is CNC(c1csc(Br)c1)c1ccc(F)cc1C. The third-order valence-corrected chi connectivity index (χ3v) is 4.28. The fourth-order valence-electron chi connectivity index (χ4n) is 1.94. The minimum Gasteiger partial charge on any atom is -0.309 e. The number of rotatable bonds is 3. The topological polar surface area (TPSA) is 12.0 Å². The van der Waals surface area contributed by atoms with Crippen molar-refractivity contribution in [2.75, 3.05) is 7.05 Å². The summed E-state index contributed by atoms with van der Waals surface area (Å²) in [7, 11) is 1.92. The van der Waals surface area contributed by atoms with Crippen LogP contribution in [0.2, 0.25) is 0 Å². The van der Waals surface area contributed by atoms with Crippen LogP contribution in [0.1, 0.15) is 22.7 Å². The van der Waals surface area contributed by atoms with Crippen LogP contribution in [0.25, 0.3) is 0 Å². The van der Waals surface area contributed by atoms with Crippen LogP contribution in [0.4, 0.5) is 4.39 Å². The molecule has 0 bridgehead atoms. The number of aryl methyl sites for hydroxylation is 1. The second-order valence-electron chi connectivity index (χ2n) is 3.91. The summed E-state index contributed by atoms with van der Waals surface area (Å²) < 4.78 is 14.2. The van der Waals surface area contributed by atoms with E-state index in [4.69, 9.17) is 0 Å². The lowest BCUT2D eigenvalue weighted by molar-refractivity contribution is 0.621. The van der Waals surface area contributed by atoms with Gasteiger partial charge in [-0.3, -0.25) is 0 Å². The van der Waals surface area contributed by atoms with E-state index in [1.54, 1.807) is 17.4 Å². The summed E-state index contributed by atoms with van der Waals surface area (Å²) >= 11 is 5.12. The molecule has 4 heteroatoms. The molecule has 1 unspecified atom stereocenters. The van der Waals surface area contributed by atoms with Gasteiger partial charge in [-0.25, -0.2) is 4.39 Å². The molecule has 1 N–H and O–H groups in total. The number of thiophene rings is 1. The van der Waals surface area contributed by atoms with Crippen LogP contribution < -0.4 is 5.32 Å². The summed E-state index contributed by atoms with van der Waals surface area (Å²) in [6, 6.07) is 7.12. The highest BCUT2D eigenvalue weighted by Gasteiger charge is 2.15. The van der Waals surface area contributed by atoms with E-state index in [0.717, 1.165) is 14.9 Å². The van der Waals surface area contributed by atoms with Gasteiger partial charge in [-0.05, 0) is 70.2 Å². The summed E-state index contributed by atoms with van der Waals surface area (Å²) in [6.07, 6.45) is 0. The molecule has 2 aromatic rings. The second kappa shape index (κ2) is 5.29. The van der Waals surface area contributed by atoms with E-state index in [1.807, 2.05) is 20.0 Å². The first kappa shape index (κ1) is 12.7. The lowest BCUT2D eigenvalue weighted by Crippen LogP contribution is -2.18. The molecular weight excluding hydrogens is 301 g/mol. The van der Waals surface area contributed by atoms with Crippen LogP contribution in [0, 0.1) is 12.7 Å². The third kappa shape index (κ3) is 2.76. The number of halogens is 2. The highest BCUT2D eigenvalue weighted by molar-refractivity contribution is 9.11. The molecule has 17 heavy (non-hydrogen) atoms. The first-order valence-electron chi connectivity index (χ1n) is 5.29. The second-order valence-corrected chi connectivity index (χ2v) is 6.20. The maximum atomic E-state index is 13.1. The summed E-state index contributed by atoms with van der Waals surface area (Å²) in [5.41, 5.74) is 3.27. The van der Waals surface area contributed by atoms with Gasteiger partial charge in [0, 0.05) is 0 Å². The zero-order valence-corrected chi connectivity index (χ0v) is 12.0. The number of nitrogens with one attached hydrogen (secondary N) is 1. The van der Waals surface area contributed by atoms with E-state index in [-0.39, 0.29) is 11.9 Å². The molecule has 0 spiro atoms. The normalized spacial score (nSPS) is 12.7. The lowest BCUT2D eigenvalue weighted by atomic mass is 9.97. The molecule has 90 valence electrons. The van der Waals surface area contributed by atoms with E-state index in [1.165, 1.54) is 11.6 Å². The Hall–Kier alpha value is -0.710. The van der Waals surface area contributed by atoms with E-state index < -0.39 is 0 Å². The zero-order chi connectivity index (χ0) is 12.4. The van der Waals surface area contributed by atoms with Crippen molar-refractivity contribution in [1.82, 2.24) is 5.32 Å². The maximum absolute atomic E-state index is 13.1. The summed E-state index contributed by atoms with van der Waals surface area (Å²) in [5.74, 6) is -0.187. The van der Waals surface area contributed by atoms with Gasteiger partial charge in [-0.1, -0.05) is 6.07 Å². The van der Waals surface area contributed by atoms with Gasteiger partial charge in [0.15, 0.2) is 0 Å². The molecule has 0 fully saturated rings. The van der Waals surface area contributed by atoms with Crippen LogP contribution in [0.3, 0.4) is 0 Å². The molecule has 0 aliphatic rings. The Morgan fingerprint density at radius 2 is 2.12 bits per heavy atom. The molecule has 1 aromatic heterocycles. The molecule has 1 nitrogen and oxygen atoms in total. The van der Waals surface area contributed by atoms with Gasteiger partial charge in [0.1, 0.15) is 5.82 Å². The molecule has 0 saturated heterocycles. The van der Waals surface area contributed by atoms with Crippen LogP contribution in [0.5, 0.6) is 0 Å². The summed E-state index contributed by atoms with van der Waals surface area (Å²) in [6.45, 7) is 1.93. The summed E-state index contributed by atoms with van der Waals surface area (Å²) in [5, 5.41) is 5.38.